The summed E-state index contributed by atoms with van der Waals surface area (Å²) in [5, 5.41) is 5.20. The zero-order valence-corrected chi connectivity index (χ0v) is 18.0. The number of hydrogen-bond donors (Lipinski definition) is 2. The molecule has 0 radical (unpaired) electrons. The van der Waals surface area contributed by atoms with Gasteiger partial charge in [-0.3, -0.25) is 14.3 Å². The fraction of sp³-hybridized carbons (Fsp3) is 0.421. The van der Waals surface area contributed by atoms with Crippen molar-refractivity contribution in [1.29, 1.82) is 0 Å². The summed E-state index contributed by atoms with van der Waals surface area (Å²) in [4.78, 5) is 30.7. The highest BCUT2D eigenvalue weighted by Crippen LogP contribution is 2.27. The molecule has 1 aromatic heterocycles. The van der Waals surface area contributed by atoms with Gasteiger partial charge in [-0.05, 0) is 25.0 Å². The average molecular weight is 437 g/mol. The number of piperidine rings is 1. The van der Waals surface area contributed by atoms with Crippen molar-refractivity contribution in [2.75, 3.05) is 29.4 Å². The van der Waals surface area contributed by atoms with Crippen molar-refractivity contribution in [1.82, 2.24) is 9.88 Å². The van der Waals surface area contributed by atoms with Crippen molar-refractivity contribution in [3.05, 3.63) is 29.6 Å². The van der Waals surface area contributed by atoms with E-state index in [0.717, 1.165) is 24.7 Å². The van der Waals surface area contributed by atoms with Crippen LogP contribution in [0.3, 0.4) is 0 Å². The van der Waals surface area contributed by atoms with Crippen molar-refractivity contribution in [2.24, 2.45) is 5.92 Å². The molecule has 10 heteroatoms. The molecular weight excluding hydrogens is 412 g/mol. The van der Waals surface area contributed by atoms with Crippen molar-refractivity contribution in [3.8, 4) is 11.3 Å². The Bertz CT molecular complexity index is 986. The van der Waals surface area contributed by atoms with Gasteiger partial charge in [0.15, 0.2) is 5.13 Å². The van der Waals surface area contributed by atoms with E-state index in [1.54, 1.807) is 29.2 Å². The van der Waals surface area contributed by atoms with Crippen LogP contribution in [-0.2, 0) is 19.6 Å². The second kappa shape index (κ2) is 8.91. The van der Waals surface area contributed by atoms with Crippen LogP contribution in [0.25, 0.3) is 11.3 Å². The zero-order valence-electron chi connectivity index (χ0n) is 16.3. The number of hydrogen-bond acceptors (Lipinski definition) is 6. The van der Waals surface area contributed by atoms with Crippen LogP contribution >= 0.6 is 11.3 Å². The molecule has 2 heterocycles. The van der Waals surface area contributed by atoms with E-state index in [4.69, 9.17) is 0 Å². The Morgan fingerprint density at radius 1 is 1.28 bits per heavy atom. The Hall–Kier alpha value is -2.46. The number of benzene rings is 1. The lowest BCUT2D eigenvalue weighted by molar-refractivity contribution is -0.134. The molecule has 1 saturated heterocycles. The molecule has 1 aromatic carbocycles. The molecular formula is C19H24N4O4S2. The van der Waals surface area contributed by atoms with Crippen LogP contribution in [0.4, 0.5) is 10.8 Å². The number of amides is 2. The molecule has 3 rings (SSSR count). The van der Waals surface area contributed by atoms with Crippen LogP contribution in [0.5, 0.6) is 0 Å². The smallest absolute Gasteiger partial charge is 0.231 e. The van der Waals surface area contributed by atoms with Gasteiger partial charge in [-0.15, -0.1) is 11.3 Å². The summed E-state index contributed by atoms with van der Waals surface area (Å²) in [6.07, 6.45) is 3.12. The number of sulfonamides is 1. The predicted molar refractivity (Wildman–Crippen MR) is 114 cm³/mol. The Morgan fingerprint density at radius 2 is 2.00 bits per heavy atom. The molecule has 0 saturated carbocycles. The van der Waals surface area contributed by atoms with Crippen LogP contribution in [0.15, 0.2) is 29.6 Å². The second-order valence-electron chi connectivity index (χ2n) is 7.01. The summed E-state index contributed by atoms with van der Waals surface area (Å²) in [7, 11) is -3.32. The first kappa shape index (κ1) is 21.3. The first-order valence-corrected chi connectivity index (χ1v) is 12.1. The largest absolute Gasteiger partial charge is 0.342 e. The number of carbonyl (C=O) groups excluding carboxylic acids is 2. The van der Waals surface area contributed by atoms with E-state index in [1.165, 1.54) is 11.3 Å². The first-order valence-electron chi connectivity index (χ1n) is 9.37. The highest BCUT2D eigenvalue weighted by molar-refractivity contribution is 7.92. The van der Waals surface area contributed by atoms with Crippen LogP contribution in [0.2, 0.25) is 0 Å². The number of rotatable bonds is 6. The lowest BCUT2D eigenvalue weighted by atomic mass is 9.97. The molecule has 1 aliphatic heterocycles. The molecule has 0 bridgehead atoms. The Labute approximate surface area is 174 Å². The third-order valence-corrected chi connectivity index (χ3v) is 6.03. The molecule has 2 N–H and O–H groups in total. The maximum atomic E-state index is 12.6. The van der Waals surface area contributed by atoms with Crippen molar-refractivity contribution < 1.29 is 18.0 Å². The van der Waals surface area contributed by atoms with Gasteiger partial charge in [0.05, 0.1) is 17.9 Å². The van der Waals surface area contributed by atoms with E-state index in [0.29, 0.717) is 36.0 Å². The molecule has 2 amide bonds. The van der Waals surface area contributed by atoms with E-state index in [1.807, 2.05) is 12.3 Å². The molecule has 2 aromatic rings. The lowest BCUT2D eigenvalue weighted by Crippen LogP contribution is -2.43. The average Bonchev–Trinajstić information content (AvgIpc) is 3.15. The summed E-state index contributed by atoms with van der Waals surface area (Å²) in [6, 6.07) is 6.86. The third-order valence-electron chi connectivity index (χ3n) is 4.67. The molecule has 29 heavy (non-hydrogen) atoms. The molecule has 0 spiro atoms. The second-order valence-corrected chi connectivity index (χ2v) is 9.62. The summed E-state index contributed by atoms with van der Waals surface area (Å²) >= 11 is 1.33. The topological polar surface area (TPSA) is 108 Å². The van der Waals surface area contributed by atoms with Gasteiger partial charge in [-0.25, -0.2) is 13.4 Å². The van der Waals surface area contributed by atoms with E-state index in [-0.39, 0.29) is 17.7 Å². The molecule has 0 aliphatic carbocycles. The fourth-order valence-corrected chi connectivity index (χ4v) is 4.52. The SMILES string of the molecule is CCC(=O)N1CCCC(C(=O)Nc2nc(-c3ccc(NS(C)(=O)=O)cc3)cs2)C1. The van der Waals surface area contributed by atoms with E-state index in [9.17, 15) is 18.0 Å². The summed E-state index contributed by atoms with van der Waals surface area (Å²) in [6.45, 7) is 2.99. The lowest BCUT2D eigenvalue weighted by Gasteiger charge is -2.31. The Kier molecular flexibility index (Phi) is 6.53. The molecule has 1 atom stereocenters. The normalized spacial score (nSPS) is 17.0. The van der Waals surface area contributed by atoms with Gasteiger partial charge in [0, 0.05) is 36.1 Å². The maximum Gasteiger partial charge on any atom is 0.231 e. The van der Waals surface area contributed by atoms with Gasteiger partial charge >= 0.3 is 0 Å². The molecule has 1 aliphatic rings. The summed E-state index contributed by atoms with van der Waals surface area (Å²) < 4.78 is 25.0. The summed E-state index contributed by atoms with van der Waals surface area (Å²) in [5.74, 6) is -0.270. The van der Waals surface area contributed by atoms with Crippen molar-refractivity contribution in [2.45, 2.75) is 26.2 Å². The van der Waals surface area contributed by atoms with Gasteiger partial charge in [0.2, 0.25) is 21.8 Å². The van der Waals surface area contributed by atoms with E-state index < -0.39 is 10.0 Å². The number of thiazole rings is 1. The number of nitrogens with one attached hydrogen (secondary N) is 2. The Balaban J connectivity index is 1.62. The van der Waals surface area contributed by atoms with Gasteiger partial charge in [-0.1, -0.05) is 19.1 Å². The first-order chi connectivity index (χ1) is 13.7. The predicted octanol–water partition coefficient (Wildman–Crippen LogP) is 2.77. The van der Waals surface area contributed by atoms with Gasteiger partial charge in [0.1, 0.15) is 0 Å². The van der Waals surface area contributed by atoms with Crippen LogP contribution in [-0.4, -0.2) is 49.5 Å². The quantitative estimate of drug-likeness (QED) is 0.724. The molecule has 1 unspecified atom stereocenters. The van der Waals surface area contributed by atoms with Gasteiger partial charge < -0.3 is 10.2 Å². The highest BCUT2D eigenvalue weighted by atomic mass is 32.2. The Morgan fingerprint density at radius 3 is 2.66 bits per heavy atom. The minimum absolute atomic E-state index is 0.0767. The van der Waals surface area contributed by atoms with Gasteiger partial charge in [-0.2, -0.15) is 0 Å². The summed E-state index contributed by atoms with van der Waals surface area (Å²) in [5.41, 5.74) is 1.99. The van der Waals surface area contributed by atoms with Gasteiger partial charge in [0.25, 0.3) is 0 Å². The standard InChI is InChI=1S/C19H24N4O4S2/c1-3-17(24)23-10-4-5-14(11-23)18(25)21-19-20-16(12-28-19)13-6-8-15(9-7-13)22-29(2,26)27/h6-9,12,14,22H,3-5,10-11H2,1-2H3,(H,20,21,25). The van der Waals surface area contributed by atoms with Crippen LogP contribution < -0.4 is 10.0 Å². The number of nitrogens with zero attached hydrogens (tertiary/aromatic N) is 2. The monoisotopic (exact) mass is 436 g/mol. The molecule has 1 fully saturated rings. The number of likely N-dealkylation sites (tertiary alicyclic amines) is 1. The van der Waals surface area contributed by atoms with Crippen molar-refractivity contribution in [3.63, 3.8) is 0 Å². The number of aromatic nitrogens is 1. The fourth-order valence-electron chi connectivity index (χ4n) is 3.24. The van der Waals surface area contributed by atoms with E-state index in [2.05, 4.69) is 15.0 Å². The van der Waals surface area contributed by atoms with Crippen molar-refractivity contribution >= 4 is 44.0 Å². The van der Waals surface area contributed by atoms with Crippen LogP contribution in [0, 0.1) is 5.92 Å². The minimum Gasteiger partial charge on any atom is -0.342 e. The van der Waals surface area contributed by atoms with Crippen LogP contribution in [0.1, 0.15) is 26.2 Å². The minimum atomic E-state index is -3.32. The number of carbonyl (C=O) groups is 2. The zero-order chi connectivity index (χ0) is 21.0. The molecule has 8 nitrogen and oxygen atoms in total. The highest BCUT2D eigenvalue weighted by Gasteiger charge is 2.28. The molecule has 156 valence electrons. The number of anilines is 2. The van der Waals surface area contributed by atoms with E-state index >= 15 is 0 Å². The third kappa shape index (κ3) is 5.77. The maximum absolute atomic E-state index is 12.6.